The summed E-state index contributed by atoms with van der Waals surface area (Å²) in [7, 11) is 0. The zero-order chi connectivity index (χ0) is 33.5. The van der Waals surface area contributed by atoms with Crippen LogP contribution in [0.4, 0.5) is 0 Å². The van der Waals surface area contributed by atoms with Crippen molar-refractivity contribution in [3.63, 3.8) is 0 Å². The van der Waals surface area contributed by atoms with Gasteiger partial charge >= 0.3 is 0 Å². The first-order valence-corrected chi connectivity index (χ1v) is 18.0. The van der Waals surface area contributed by atoms with E-state index < -0.39 is 0 Å². The quantitative estimate of drug-likeness (QED) is 0.187. The molecule has 4 heterocycles. The fraction of sp³-hybridized carbons (Fsp3) is 0. The summed E-state index contributed by atoms with van der Waals surface area (Å²) in [5.74, 6) is 0. The first-order valence-electron chi connectivity index (χ1n) is 17.2. The molecule has 0 aliphatic rings. The van der Waals surface area contributed by atoms with Crippen molar-refractivity contribution in [1.82, 2.24) is 9.55 Å². The van der Waals surface area contributed by atoms with Crippen molar-refractivity contribution < 1.29 is 4.42 Å². The molecule has 3 nitrogen and oxygen atoms in total. The number of hydrogen-bond donors (Lipinski definition) is 0. The standard InChI is InChI=1S/C47H28N2OS/c1-2-12-29(13-3-1)30-14-10-15-31(24-30)40-25-32(26-41(48-40)37-20-11-19-36-35-18-6-9-23-46(35)51-47(36)37)49-42-21-7-4-16-33(42)38-28-45-39(27-43(38)49)34-17-5-8-22-44(34)50-45/h1-28H. The smallest absolute Gasteiger partial charge is 0.136 e. The predicted octanol–water partition coefficient (Wildman–Crippen LogP) is 13.4. The summed E-state index contributed by atoms with van der Waals surface area (Å²) in [4.78, 5) is 5.46. The Hall–Kier alpha value is -6.49. The van der Waals surface area contributed by atoms with Gasteiger partial charge in [-0.2, -0.15) is 0 Å². The number of aromatic nitrogens is 2. The summed E-state index contributed by atoms with van der Waals surface area (Å²) < 4.78 is 11.3. The summed E-state index contributed by atoms with van der Waals surface area (Å²) in [6.07, 6.45) is 0. The lowest BCUT2D eigenvalue weighted by atomic mass is 10.0. The van der Waals surface area contributed by atoms with Gasteiger partial charge in [-0.1, -0.05) is 121 Å². The zero-order valence-corrected chi connectivity index (χ0v) is 28.2. The number of thiophene rings is 1. The third kappa shape index (κ3) is 4.40. The molecule has 0 fully saturated rings. The molecule has 0 N–H and O–H groups in total. The summed E-state index contributed by atoms with van der Waals surface area (Å²) in [6.45, 7) is 0. The maximum atomic E-state index is 6.37. The molecule has 0 aliphatic heterocycles. The lowest BCUT2D eigenvalue weighted by Gasteiger charge is -2.14. The van der Waals surface area contributed by atoms with Crippen LogP contribution in [0, 0.1) is 0 Å². The van der Waals surface area contributed by atoms with Gasteiger partial charge in [0.1, 0.15) is 11.2 Å². The second kappa shape index (κ2) is 11.0. The lowest BCUT2D eigenvalue weighted by molar-refractivity contribution is 0.669. The number of para-hydroxylation sites is 2. The Labute approximate surface area is 297 Å². The van der Waals surface area contributed by atoms with E-state index in [9.17, 15) is 0 Å². The molecular weight excluding hydrogens is 641 g/mol. The summed E-state index contributed by atoms with van der Waals surface area (Å²) in [5, 5.41) is 7.13. The van der Waals surface area contributed by atoms with Crippen molar-refractivity contribution in [2.24, 2.45) is 0 Å². The number of benzene rings is 7. The molecule has 0 atom stereocenters. The first-order chi connectivity index (χ1) is 25.3. The minimum atomic E-state index is 0.900. The van der Waals surface area contributed by atoms with Crippen molar-refractivity contribution >= 4 is 75.3 Å². The zero-order valence-electron chi connectivity index (χ0n) is 27.4. The predicted molar refractivity (Wildman–Crippen MR) is 215 cm³/mol. The fourth-order valence-corrected chi connectivity index (χ4v) is 9.06. The van der Waals surface area contributed by atoms with Gasteiger partial charge in [0, 0.05) is 52.8 Å². The van der Waals surface area contributed by atoms with Crippen LogP contribution in [0.5, 0.6) is 0 Å². The third-order valence-corrected chi connectivity index (χ3v) is 11.4. The second-order valence-corrected chi connectivity index (χ2v) is 14.2. The number of fused-ring (bicyclic) bond motifs is 9. The number of nitrogens with zero attached hydrogens (tertiary/aromatic N) is 2. The maximum absolute atomic E-state index is 6.37. The van der Waals surface area contributed by atoms with Gasteiger partial charge in [0.05, 0.1) is 28.1 Å². The fourth-order valence-electron chi connectivity index (χ4n) is 7.83. The number of pyridine rings is 1. The minimum Gasteiger partial charge on any atom is -0.456 e. The van der Waals surface area contributed by atoms with Crippen molar-refractivity contribution in [2.75, 3.05) is 0 Å². The van der Waals surface area contributed by atoms with Crippen LogP contribution in [0.3, 0.4) is 0 Å². The van der Waals surface area contributed by atoms with E-state index in [-0.39, 0.29) is 0 Å². The molecule has 11 rings (SSSR count). The molecule has 7 aromatic carbocycles. The molecule has 238 valence electrons. The molecule has 0 bridgehead atoms. The highest BCUT2D eigenvalue weighted by Gasteiger charge is 2.19. The molecule has 0 aliphatic carbocycles. The van der Waals surface area contributed by atoms with Gasteiger partial charge in [-0.15, -0.1) is 11.3 Å². The molecule has 0 spiro atoms. The van der Waals surface area contributed by atoms with Crippen molar-refractivity contribution in [1.29, 1.82) is 0 Å². The van der Waals surface area contributed by atoms with Crippen LogP contribution in [0.2, 0.25) is 0 Å². The molecule has 4 heteroatoms. The second-order valence-electron chi connectivity index (χ2n) is 13.1. The van der Waals surface area contributed by atoms with Gasteiger partial charge in [0.15, 0.2) is 0 Å². The van der Waals surface area contributed by atoms with Crippen LogP contribution in [0.15, 0.2) is 174 Å². The Kier molecular flexibility index (Phi) is 6.12. The Morgan fingerprint density at radius 2 is 1.14 bits per heavy atom. The van der Waals surface area contributed by atoms with Crippen LogP contribution in [0.25, 0.3) is 103 Å². The van der Waals surface area contributed by atoms with Gasteiger partial charge in [-0.05, 0) is 59.7 Å². The lowest BCUT2D eigenvalue weighted by Crippen LogP contribution is -1.98. The van der Waals surface area contributed by atoms with Crippen LogP contribution in [-0.4, -0.2) is 9.55 Å². The minimum absolute atomic E-state index is 0.900. The monoisotopic (exact) mass is 668 g/mol. The van der Waals surface area contributed by atoms with Crippen molar-refractivity contribution in [2.45, 2.75) is 0 Å². The number of furan rings is 1. The van der Waals surface area contributed by atoms with E-state index in [4.69, 9.17) is 9.40 Å². The van der Waals surface area contributed by atoms with Crippen LogP contribution < -0.4 is 0 Å². The Bertz CT molecular complexity index is 3150. The van der Waals surface area contributed by atoms with Gasteiger partial charge < -0.3 is 8.98 Å². The molecule has 4 aromatic heterocycles. The average Bonchev–Trinajstić information content (AvgIpc) is 3.86. The maximum Gasteiger partial charge on any atom is 0.136 e. The summed E-state index contributed by atoms with van der Waals surface area (Å²) in [5.41, 5.74) is 11.6. The normalized spacial score (nSPS) is 11.9. The molecule has 0 amide bonds. The topological polar surface area (TPSA) is 31.0 Å². The first kappa shape index (κ1) is 28.4. The van der Waals surface area contributed by atoms with Gasteiger partial charge in [0.2, 0.25) is 0 Å². The molecule has 51 heavy (non-hydrogen) atoms. The van der Waals surface area contributed by atoms with Crippen LogP contribution in [-0.2, 0) is 0 Å². The average molecular weight is 669 g/mol. The summed E-state index contributed by atoms with van der Waals surface area (Å²) in [6, 6.07) is 60.7. The third-order valence-electron chi connectivity index (χ3n) is 10.2. The highest BCUT2D eigenvalue weighted by Crippen LogP contribution is 2.42. The van der Waals surface area contributed by atoms with Gasteiger partial charge in [-0.3, -0.25) is 0 Å². The Balaban J connectivity index is 1.22. The van der Waals surface area contributed by atoms with E-state index in [1.165, 1.54) is 36.7 Å². The number of hydrogen-bond acceptors (Lipinski definition) is 3. The number of rotatable bonds is 4. The van der Waals surface area contributed by atoms with Gasteiger partial charge in [-0.25, -0.2) is 4.98 Å². The van der Waals surface area contributed by atoms with E-state index in [1.807, 2.05) is 23.5 Å². The molecule has 0 radical (unpaired) electrons. The summed E-state index contributed by atoms with van der Waals surface area (Å²) >= 11 is 1.84. The van der Waals surface area contributed by atoms with E-state index in [0.717, 1.165) is 66.6 Å². The van der Waals surface area contributed by atoms with Crippen LogP contribution >= 0.6 is 11.3 Å². The highest BCUT2D eigenvalue weighted by atomic mass is 32.1. The molecule has 0 saturated carbocycles. The molecular formula is C47H28N2OS. The van der Waals surface area contributed by atoms with Gasteiger partial charge in [0.25, 0.3) is 0 Å². The molecule has 0 unspecified atom stereocenters. The Morgan fingerprint density at radius 3 is 2.06 bits per heavy atom. The highest BCUT2D eigenvalue weighted by molar-refractivity contribution is 7.26. The SMILES string of the molecule is c1ccc(-c2cccc(-c3cc(-n4c5ccccc5c5cc6oc7ccccc7c6cc54)cc(-c4cccc5c4sc4ccccc45)n3)c2)cc1. The van der Waals surface area contributed by atoms with E-state index in [2.05, 4.69) is 162 Å². The Morgan fingerprint density at radius 1 is 0.431 bits per heavy atom. The van der Waals surface area contributed by atoms with E-state index in [0.29, 0.717) is 0 Å². The van der Waals surface area contributed by atoms with Crippen LogP contribution in [0.1, 0.15) is 0 Å². The molecule has 0 saturated heterocycles. The largest absolute Gasteiger partial charge is 0.456 e. The van der Waals surface area contributed by atoms with E-state index in [1.54, 1.807) is 0 Å². The van der Waals surface area contributed by atoms with E-state index >= 15 is 0 Å². The van der Waals surface area contributed by atoms with Crippen molar-refractivity contribution in [3.05, 3.63) is 170 Å². The van der Waals surface area contributed by atoms with Crippen molar-refractivity contribution in [3.8, 4) is 39.3 Å². The molecule has 11 aromatic rings.